The van der Waals surface area contributed by atoms with E-state index in [1.165, 1.54) is 24.3 Å². The number of halogens is 1. The van der Waals surface area contributed by atoms with E-state index in [1.807, 2.05) is 54.6 Å². The van der Waals surface area contributed by atoms with Crippen LogP contribution in [0, 0.1) is 5.82 Å². The Balaban J connectivity index is 1.56. The Labute approximate surface area is 168 Å². The average Bonchev–Trinajstić information content (AvgIpc) is 3.18. The lowest BCUT2D eigenvalue weighted by Crippen LogP contribution is -2.43. The van der Waals surface area contributed by atoms with Crippen molar-refractivity contribution in [3.8, 4) is 0 Å². The van der Waals surface area contributed by atoms with Crippen LogP contribution in [0.25, 0.3) is 0 Å². The quantitative estimate of drug-likeness (QED) is 0.700. The third-order valence-electron chi connectivity index (χ3n) is 4.91. The number of benzene rings is 3. The molecule has 6 heteroatoms. The van der Waals surface area contributed by atoms with Gasteiger partial charge in [-0.05, 0) is 47.9 Å². The lowest BCUT2D eigenvalue weighted by molar-refractivity contribution is -0.120. The van der Waals surface area contributed by atoms with Crippen molar-refractivity contribution in [2.24, 2.45) is 0 Å². The van der Waals surface area contributed by atoms with Crippen molar-refractivity contribution in [1.29, 1.82) is 0 Å². The van der Waals surface area contributed by atoms with Gasteiger partial charge >= 0.3 is 6.03 Å². The van der Waals surface area contributed by atoms with Crippen LogP contribution >= 0.6 is 0 Å². The summed E-state index contributed by atoms with van der Waals surface area (Å²) in [5.74, 6) is -0.587. The lowest BCUT2D eigenvalue weighted by atomic mass is 10.1. The molecule has 0 aliphatic carbocycles. The fourth-order valence-corrected chi connectivity index (χ4v) is 3.49. The van der Waals surface area contributed by atoms with Gasteiger partial charge in [0, 0.05) is 17.9 Å². The first-order valence-electron chi connectivity index (χ1n) is 9.39. The number of nitrogens with zero attached hydrogens (tertiary/aromatic N) is 1. The van der Waals surface area contributed by atoms with Crippen LogP contribution in [0.15, 0.2) is 78.9 Å². The van der Waals surface area contributed by atoms with E-state index in [-0.39, 0.29) is 11.7 Å². The summed E-state index contributed by atoms with van der Waals surface area (Å²) in [6.45, 7) is 0.572. The first-order chi connectivity index (χ1) is 14.1. The second-order valence-corrected chi connectivity index (χ2v) is 6.82. The van der Waals surface area contributed by atoms with Crippen LogP contribution in [0.5, 0.6) is 0 Å². The SMILES string of the molecule is O=C(Nc1ccc(F)cc1)N[C@H](C(=O)N1CCc2ccccc21)c1ccccc1. The number of para-hydroxylation sites is 1. The van der Waals surface area contributed by atoms with Crippen LogP contribution in [0.2, 0.25) is 0 Å². The molecule has 29 heavy (non-hydrogen) atoms. The molecule has 0 spiro atoms. The highest BCUT2D eigenvalue weighted by Crippen LogP contribution is 2.30. The molecule has 1 aliphatic heterocycles. The van der Waals surface area contributed by atoms with Crippen LogP contribution in [-0.4, -0.2) is 18.5 Å². The molecule has 0 saturated heterocycles. The molecule has 0 bridgehead atoms. The minimum absolute atomic E-state index is 0.199. The van der Waals surface area contributed by atoms with E-state index in [1.54, 1.807) is 4.90 Å². The highest BCUT2D eigenvalue weighted by Gasteiger charge is 2.32. The van der Waals surface area contributed by atoms with Crippen molar-refractivity contribution >= 4 is 23.3 Å². The van der Waals surface area contributed by atoms with Gasteiger partial charge in [0.05, 0.1) is 0 Å². The largest absolute Gasteiger partial charge is 0.322 e. The summed E-state index contributed by atoms with van der Waals surface area (Å²) in [4.78, 5) is 27.6. The standard InChI is InChI=1S/C23H20FN3O2/c24-18-10-12-19(13-11-18)25-23(29)26-21(17-7-2-1-3-8-17)22(28)27-15-14-16-6-4-5-9-20(16)27/h1-13,21H,14-15H2,(H2,25,26,29)/t21-/m0/s1. The Morgan fingerprint density at radius 2 is 1.59 bits per heavy atom. The molecule has 0 saturated carbocycles. The number of hydrogen-bond acceptors (Lipinski definition) is 2. The highest BCUT2D eigenvalue weighted by molar-refractivity contribution is 6.02. The van der Waals surface area contributed by atoms with Crippen molar-refractivity contribution < 1.29 is 14.0 Å². The number of rotatable bonds is 4. The molecule has 2 N–H and O–H groups in total. The average molecular weight is 389 g/mol. The first-order valence-corrected chi connectivity index (χ1v) is 9.39. The number of anilines is 2. The van der Waals surface area contributed by atoms with Crippen molar-refractivity contribution in [2.75, 3.05) is 16.8 Å². The lowest BCUT2D eigenvalue weighted by Gasteiger charge is -2.25. The molecule has 3 aromatic rings. The van der Waals surface area contributed by atoms with E-state index in [2.05, 4.69) is 10.6 Å². The Kier molecular flexibility index (Phi) is 5.24. The minimum atomic E-state index is -0.845. The summed E-state index contributed by atoms with van der Waals surface area (Å²) in [5, 5.41) is 5.42. The van der Waals surface area contributed by atoms with E-state index in [4.69, 9.17) is 0 Å². The topological polar surface area (TPSA) is 61.4 Å². The number of hydrogen-bond donors (Lipinski definition) is 2. The second-order valence-electron chi connectivity index (χ2n) is 6.82. The predicted molar refractivity (Wildman–Crippen MR) is 110 cm³/mol. The molecular formula is C23H20FN3O2. The van der Waals surface area contributed by atoms with E-state index in [0.717, 1.165) is 17.7 Å². The first kappa shape index (κ1) is 18.7. The summed E-state index contributed by atoms with van der Waals surface area (Å²) in [6.07, 6.45) is 0.783. The summed E-state index contributed by atoms with van der Waals surface area (Å²) in [6, 6.07) is 21.0. The summed E-state index contributed by atoms with van der Waals surface area (Å²) in [7, 11) is 0. The van der Waals surface area contributed by atoms with Crippen molar-refractivity contribution in [1.82, 2.24) is 5.32 Å². The number of nitrogens with one attached hydrogen (secondary N) is 2. The molecule has 0 aromatic heterocycles. The summed E-state index contributed by atoms with van der Waals surface area (Å²) in [5.41, 5.74) is 3.12. The zero-order valence-electron chi connectivity index (χ0n) is 15.6. The van der Waals surface area contributed by atoms with Gasteiger partial charge in [-0.3, -0.25) is 4.79 Å². The fraction of sp³-hybridized carbons (Fsp3) is 0.130. The highest BCUT2D eigenvalue weighted by atomic mass is 19.1. The van der Waals surface area contributed by atoms with E-state index < -0.39 is 12.1 Å². The molecule has 0 fully saturated rings. The number of urea groups is 1. The Hall–Kier alpha value is -3.67. The van der Waals surface area contributed by atoms with Crippen LogP contribution in [0.1, 0.15) is 17.2 Å². The molecule has 0 radical (unpaired) electrons. The number of amides is 3. The molecule has 1 atom stereocenters. The normalized spacial score (nSPS) is 13.5. The molecular weight excluding hydrogens is 369 g/mol. The van der Waals surface area contributed by atoms with Crippen LogP contribution < -0.4 is 15.5 Å². The van der Waals surface area contributed by atoms with Gasteiger partial charge in [0.1, 0.15) is 11.9 Å². The molecule has 3 amide bonds. The zero-order valence-corrected chi connectivity index (χ0v) is 15.6. The van der Waals surface area contributed by atoms with Crippen LogP contribution in [0.4, 0.5) is 20.6 Å². The zero-order chi connectivity index (χ0) is 20.2. The smallest absolute Gasteiger partial charge is 0.320 e. The van der Waals surface area contributed by atoms with Gasteiger partial charge in [0.25, 0.3) is 5.91 Å². The molecule has 3 aromatic carbocycles. The van der Waals surface area contributed by atoms with Crippen molar-refractivity contribution in [3.63, 3.8) is 0 Å². The van der Waals surface area contributed by atoms with Crippen LogP contribution in [-0.2, 0) is 11.2 Å². The van der Waals surface area contributed by atoms with Crippen molar-refractivity contribution in [3.05, 3.63) is 95.8 Å². The van der Waals surface area contributed by atoms with E-state index in [0.29, 0.717) is 17.8 Å². The predicted octanol–water partition coefficient (Wildman–Crippen LogP) is 4.28. The maximum atomic E-state index is 13.4. The van der Waals surface area contributed by atoms with Gasteiger partial charge in [-0.25, -0.2) is 9.18 Å². The Morgan fingerprint density at radius 3 is 2.34 bits per heavy atom. The monoisotopic (exact) mass is 389 g/mol. The fourth-order valence-electron chi connectivity index (χ4n) is 3.49. The molecule has 1 heterocycles. The minimum Gasteiger partial charge on any atom is -0.322 e. The van der Waals surface area contributed by atoms with Gasteiger partial charge in [-0.2, -0.15) is 0 Å². The summed E-state index contributed by atoms with van der Waals surface area (Å²) < 4.78 is 13.1. The van der Waals surface area contributed by atoms with Gasteiger partial charge in [-0.15, -0.1) is 0 Å². The summed E-state index contributed by atoms with van der Waals surface area (Å²) >= 11 is 0. The van der Waals surface area contributed by atoms with Crippen LogP contribution in [0.3, 0.4) is 0 Å². The maximum absolute atomic E-state index is 13.4. The number of carbonyl (C=O) groups excluding carboxylic acids is 2. The van der Waals surface area contributed by atoms with Gasteiger partial charge in [-0.1, -0.05) is 48.5 Å². The number of carbonyl (C=O) groups is 2. The van der Waals surface area contributed by atoms with E-state index >= 15 is 0 Å². The van der Waals surface area contributed by atoms with Gasteiger partial charge in [0.2, 0.25) is 0 Å². The van der Waals surface area contributed by atoms with E-state index in [9.17, 15) is 14.0 Å². The molecule has 5 nitrogen and oxygen atoms in total. The third-order valence-corrected chi connectivity index (χ3v) is 4.91. The second kappa shape index (κ2) is 8.14. The van der Waals surface area contributed by atoms with Gasteiger partial charge < -0.3 is 15.5 Å². The van der Waals surface area contributed by atoms with Gasteiger partial charge in [0.15, 0.2) is 0 Å². The third kappa shape index (κ3) is 4.11. The Morgan fingerprint density at radius 1 is 0.897 bits per heavy atom. The number of fused-ring (bicyclic) bond motifs is 1. The molecule has 146 valence electrons. The van der Waals surface area contributed by atoms with Crippen molar-refractivity contribution in [2.45, 2.75) is 12.5 Å². The molecule has 1 aliphatic rings. The molecule has 0 unspecified atom stereocenters. The maximum Gasteiger partial charge on any atom is 0.320 e. The molecule has 4 rings (SSSR count). The Bertz CT molecular complexity index is 1020.